The molecule has 2 N–H and O–H groups in total. The molecular formula is C10H12BrNO2. The largest absolute Gasteiger partial charge is 0.465 e. The number of hydrogen-bond acceptors (Lipinski definition) is 3. The molecule has 0 unspecified atom stereocenters. The van der Waals surface area contributed by atoms with E-state index in [-0.39, 0.29) is 0 Å². The molecule has 1 aromatic carbocycles. The number of ether oxygens (including phenoxy) is 1. The Morgan fingerprint density at radius 3 is 2.57 bits per heavy atom. The summed E-state index contributed by atoms with van der Waals surface area (Å²) in [5, 5.41) is 0. The molecule has 3 nitrogen and oxygen atoms in total. The van der Waals surface area contributed by atoms with Crippen LogP contribution >= 0.6 is 15.9 Å². The van der Waals surface area contributed by atoms with Crippen molar-refractivity contribution >= 4 is 27.6 Å². The number of hydrogen-bond donors (Lipinski definition) is 1. The predicted molar refractivity (Wildman–Crippen MR) is 59.4 cm³/mol. The van der Waals surface area contributed by atoms with Gasteiger partial charge in [-0.15, -0.1) is 0 Å². The van der Waals surface area contributed by atoms with Gasteiger partial charge in [0.25, 0.3) is 0 Å². The molecule has 0 aliphatic heterocycles. The fraction of sp³-hybridized carbons (Fsp3) is 0.300. The second-order valence-corrected chi connectivity index (χ2v) is 3.93. The summed E-state index contributed by atoms with van der Waals surface area (Å²) in [6, 6.07) is 1.89. The second-order valence-electron chi connectivity index (χ2n) is 3.08. The molecule has 0 aliphatic rings. The highest BCUT2D eigenvalue weighted by molar-refractivity contribution is 9.10. The Balaban J connectivity index is 3.47. The molecule has 0 saturated heterocycles. The highest BCUT2D eigenvalue weighted by Crippen LogP contribution is 2.28. The van der Waals surface area contributed by atoms with Crippen molar-refractivity contribution in [2.75, 3.05) is 12.8 Å². The average Bonchev–Trinajstić information content (AvgIpc) is 2.15. The number of methoxy groups -OCH3 is 1. The minimum atomic E-state index is -0.399. The molecule has 0 atom stereocenters. The molecule has 0 fully saturated rings. The van der Waals surface area contributed by atoms with Crippen LogP contribution < -0.4 is 5.73 Å². The fourth-order valence-corrected chi connectivity index (χ4v) is 1.80. The van der Waals surface area contributed by atoms with Crippen LogP contribution in [0.25, 0.3) is 0 Å². The number of rotatable bonds is 1. The molecule has 0 amide bonds. The Morgan fingerprint density at radius 2 is 2.07 bits per heavy atom. The van der Waals surface area contributed by atoms with E-state index in [1.165, 1.54) is 7.11 Å². The SMILES string of the molecule is COC(=O)c1c(C)c(Br)cc(C)c1N. The van der Waals surface area contributed by atoms with Gasteiger partial charge in [-0.25, -0.2) is 4.79 Å². The first-order valence-electron chi connectivity index (χ1n) is 4.12. The molecular weight excluding hydrogens is 246 g/mol. The molecule has 0 radical (unpaired) electrons. The Kier molecular flexibility index (Phi) is 3.16. The van der Waals surface area contributed by atoms with E-state index in [1.807, 2.05) is 19.9 Å². The third-order valence-electron chi connectivity index (χ3n) is 2.16. The van der Waals surface area contributed by atoms with E-state index in [2.05, 4.69) is 20.7 Å². The van der Waals surface area contributed by atoms with E-state index in [9.17, 15) is 4.79 Å². The van der Waals surface area contributed by atoms with Crippen LogP contribution in [0, 0.1) is 13.8 Å². The summed E-state index contributed by atoms with van der Waals surface area (Å²) in [7, 11) is 1.34. The van der Waals surface area contributed by atoms with Crippen molar-refractivity contribution in [3.05, 3.63) is 27.2 Å². The van der Waals surface area contributed by atoms with Crippen molar-refractivity contribution < 1.29 is 9.53 Å². The van der Waals surface area contributed by atoms with Crippen LogP contribution in [0.5, 0.6) is 0 Å². The Morgan fingerprint density at radius 1 is 1.50 bits per heavy atom. The van der Waals surface area contributed by atoms with Crippen LogP contribution in [-0.2, 0) is 4.74 Å². The number of nitrogens with two attached hydrogens (primary N) is 1. The van der Waals surface area contributed by atoms with E-state index in [1.54, 1.807) is 0 Å². The summed E-state index contributed by atoms with van der Waals surface area (Å²) in [4.78, 5) is 11.4. The van der Waals surface area contributed by atoms with Crippen LogP contribution in [0.3, 0.4) is 0 Å². The lowest BCUT2D eigenvalue weighted by Gasteiger charge is -2.11. The Labute approximate surface area is 91.4 Å². The molecule has 0 heterocycles. The summed E-state index contributed by atoms with van der Waals surface area (Å²) in [6.45, 7) is 3.68. The molecule has 0 aromatic heterocycles. The van der Waals surface area contributed by atoms with Crippen molar-refractivity contribution in [2.24, 2.45) is 0 Å². The van der Waals surface area contributed by atoms with E-state index in [4.69, 9.17) is 5.73 Å². The lowest BCUT2D eigenvalue weighted by Crippen LogP contribution is -2.09. The van der Waals surface area contributed by atoms with Gasteiger partial charge in [0.1, 0.15) is 0 Å². The molecule has 0 saturated carbocycles. The monoisotopic (exact) mass is 257 g/mol. The number of halogens is 1. The quantitative estimate of drug-likeness (QED) is 0.621. The number of aryl methyl sites for hydroxylation is 1. The second kappa shape index (κ2) is 4.00. The zero-order valence-electron chi connectivity index (χ0n) is 8.35. The summed E-state index contributed by atoms with van der Waals surface area (Å²) in [5.74, 6) is -0.399. The highest BCUT2D eigenvalue weighted by atomic mass is 79.9. The van der Waals surface area contributed by atoms with Crippen molar-refractivity contribution in [1.29, 1.82) is 0 Å². The molecule has 1 rings (SSSR count). The van der Waals surface area contributed by atoms with Gasteiger partial charge in [0, 0.05) is 10.2 Å². The van der Waals surface area contributed by atoms with Gasteiger partial charge < -0.3 is 10.5 Å². The standard InChI is InChI=1S/C10H12BrNO2/c1-5-4-7(11)6(2)8(9(5)12)10(13)14-3/h4H,12H2,1-3H3. The van der Waals surface area contributed by atoms with Gasteiger partial charge in [-0.3, -0.25) is 0 Å². The minimum Gasteiger partial charge on any atom is -0.465 e. The fourth-order valence-electron chi connectivity index (χ4n) is 1.26. The number of carbonyl (C=O) groups excluding carboxylic acids is 1. The van der Waals surface area contributed by atoms with Gasteiger partial charge in [0.15, 0.2) is 0 Å². The lowest BCUT2D eigenvalue weighted by molar-refractivity contribution is 0.0601. The molecule has 1 aromatic rings. The summed E-state index contributed by atoms with van der Waals surface area (Å²) in [5.41, 5.74) is 8.40. The molecule has 76 valence electrons. The zero-order chi connectivity index (χ0) is 10.9. The van der Waals surface area contributed by atoms with Crippen molar-refractivity contribution in [1.82, 2.24) is 0 Å². The number of esters is 1. The van der Waals surface area contributed by atoms with Gasteiger partial charge in [-0.1, -0.05) is 15.9 Å². The van der Waals surface area contributed by atoms with Crippen molar-refractivity contribution in [3.8, 4) is 0 Å². The van der Waals surface area contributed by atoms with Crippen LogP contribution in [0.2, 0.25) is 0 Å². The van der Waals surface area contributed by atoms with Crippen molar-refractivity contribution in [2.45, 2.75) is 13.8 Å². The maximum absolute atomic E-state index is 11.4. The molecule has 0 aliphatic carbocycles. The van der Waals surface area contributed by atoms with Gasteiger partial charge in [0.05, 0.1) is 12.7 Å². The minimum absolute atomic E-state index is 0.399. The first-order chi connectivity index (χ1) is 6.49. The van der Waals surface area contributed by atoms with Gasteiger partial charge in [0.2, 0.25) is 0 Å². The summed E-state index contributed by atoms with van der Waals surface area (Å²) in [6.07, 6.45) is 0. The maximum Gasteiger partial charge on any atom is 0.340 e. The molecule has 4 heteroatoms. The van der Waals surface area contributed by atoms with Crippen molar-refractivity contribution in [3.63, 3.8) is 0 Å². The van der Waals surface area contributed by atoms with Gasteiger partial charge in [-0.2, -0.15) is 0 Å². The first kappa shape index (κ1) is 11.0. The topological polar surface area (TPSA) is 52.3 Å². The predicted octanol–water partition coefficient (Wildman–Crippen LogP) is 2.43. The van der Waals surface area contributed by atoms with Crippen LogP contribution in [0.1, 0.15) is 21.5 Å². The van der Waals surface area contributed by atoms with Crippen LogP contribution in [0.4, 0.5) is 5.69 Å². The third-order valence-corrected chi connectivity index (χ3v) is 2.98. The van der Waals surface area contributed by atoms with E-state index >= 15 is 0 Å². The first-order valence-corrected chi connectivity index (χ1v) is 4.91. The molecule has 0 spiro atoms. The number of nitrogen functional groups attached to an aromatic ring is 1. The smallest absolute Gasteiger partial charge is 0.340 e. The third kappa shape index (κ3) is 1.75. The highest BCUT2D eigenvalue weighted by Gasteiger charge is 2.17. The van der Waals surface area contributed by atoms with E-state index in [0.29, 0.717) is 11.3 Å². The van der Waals surface area contributed by atoms with E-state index in [0.717, 1.165) is 15.6 Å². The summed E-state index contributed by atoms with van der Waals surface area (Å²) >= 11 is 3.37. The Hall–Kier alpha value is -1.03. The number of carbonyl (C=O) groups is 1. The van der Waals surface area contributed by atoms with E-state index < -0.39 is 5.97 Å². The Bertz CT molecular complexity index is 362. The number of benzene rings is 1. The lowest BCUT2D eigenvalue weighted by atomic mass is 10.0. The summed E-state index contributed by atoms with van der Waals surface area (Å²) < 4.78 is 5.53. The van der Waals surface area contributed by atoms with Gasteiger partial charge >= 0.3 is 5.97 Å². The zero-order valence-corrected chi connectivity index (χ0v) is 9.94. The number of anilines is 1. The van der Waals surface area contributed by atoms with Crippen LogP contribution in [0.15, 0.2) is 10.5 Å². The average molecular weight is 258 g/mol. The maximum atomic E-state index is 11.4. The van der Waals surface area contributed by atoms with Gasteiger partial charge in [-0.05, 0) is 31.0 Å². The molecule has 0 bridgehead atoms. The normalized spacial score (nSPS) is 10.0. The van der Waals surface area contributed by atoms with Crippen LogP contribution in [-0.4, -0.2) is 13.1 Å². The molecule has 14 heavy (non-hydrogen) atoms.